The largest absolute Gasteiger partial charge is 0.496 e. The van der Waals surface area contributed by atoms with Crippen LogP contribution in [-0.2, 0) is 0 Å². The molecule has 0 spiro atoms. The van der Waals surface area contributed by atoms with E-state index in [9.17, 15) is 0 Å². The zero-order valence-corrected chi connectivity index (χ0v) is 10.5. The van der Waals surface area contributed by atoms with E-state index in [1.54, 1.807) is 7.11 Å². The highest BCUT2D eigenvalue weighted by Crippen LogP contribution is 2.34. The summed E-state index contributed by atoms with van der Waals surface area (Å²) in [6, 6.07) is 10.1. The molecule has 0 amide bonds. The predicted molar refractivity (Wildman–Crippen MR) is 70.3 cm³/mol. The molecule has 2 nitrogen and oxygen atoms in total. The molecule has 0 atom stereocenters. The molecule has 88 valence electrons. The maximum atomic E-state index is 5.41. The third-order valence-electron chi connectivity index (χ3n) is 2.87. The quantitative estimate of drug-likeness (QED) is 0.793. The molecular formula is C15H17NO. The van der Waals surface area contributed by atoms with Crippen LogP contribution in [0, 0.1) is 0 Å². The first kappa shape index (κ1) is 11.6. The van der Waals surface area contributed by atoms with Crippen molar-refractivity contribution in [2.45, 2.75) is 19.8 Å². The Morgan fingerprint density at radius 1 is 1.06 bits per heavy atom. The van der Waals surface area contributed by atoms with Gasteiger partial charge in [0.15, 0.2) is 0 Å². The molecule has 1 aromatic carbocycles. The fourth-order valence-corrected chi connectivity index (χ4v) is 2.00. The zero-order chi connectivity index (χ0) is 12.3. The third-order valence-corrected chi connectivity index (χ3v) is 2.87. The van der Waals surface area contributed by atoms with Crippen LogP contribution in [0.4, 0.5) is 0 Å². The first-order valence-corrected chi connectivity index (χ1v) is 5.81. The fourth-order valence-electron chi connectivity index (χ4n) is 2.00. The van der Waals surface area contributed by atoms with Crippen molar-refractivity contribution < 1.29 is 4.74 Å². The van der Waals surface area contributed by atoms with Crippen LogP contribution in [0.2, 0.25) is 0 Å². The van der Waals surface area contributed by atoms with E-state index in [-0.39, 0.29) is 0 Å². The summed E-state index contributed by atoms with van der Waals surface area (Å²) in [5, 5.41) is 0. The Morgan fingerprint density at radius 3 is 2.53 bits per heavy atom. The predicted octanol–water partition coefficient (Wildman–Crippen LogP) is 3.88. The van der Waals surface area contributed by atoms with Gasteiger partial charge in [-0.3, -0.25) is 4.98 Å². The Balaban J connectivity index is 2.60. The molecule has 0 radical (unpaired) electrons. The summed E-state index contributed by atoms with van der Waals surface area (Å²) < 4.78 is 5.41. The molecule has 1 aromatic heterocycles. The summed E-state index contributed by atoms with van der Waals surface area (Å²) in [4.78, 5) is 4.22. The number of rotatable bonds is 3. The minimum Gasteiger partial charge on any atom is -0.496 e. The van der Waals surface area contributed by atoms with Crippen molar-refractivity contribution in [3.63, 3.8) is 0 Å². The SMILES string of the molecule is COc1ccccc1-c1cnccc1C(C)C. The summed E-state index contributed by atoms with van der Waals surface area (Å²) in [6.45, 7) is 4.38. The fraction of sp³-hybridized carbons (Fsp3) is 0.267. The van der Waals surface area contributed by atoms with Gasteiger partial charge in [-0.15, -0.1) is 0 Å². The third kappa shape index (κ3) is 2.31. The average Bonchev–Trinajstić information content (AvgIpc) is 2.38. The topological polar surface area (TPSA) is 22.1 Å². The van der Waals surface area contributed by atoms with Gasteiger partial charge in [0.05, 0.1) is 7.11 Å². The summed E-state index contributed by atoms with van der Waals surface area (Å²) in [5.74, 6) is 1.36. The summed E-state index contributed by atoms with van der Waals surface area (Å²) in [6.07, 6.45) is 3.75. The number of aromatic nitrogens is 1. The number of ether oxygens (including phenoxy) is 1. The maximum Gasteiger partial charge on any atom is 0.126 e. The van der Waals surface area contributed by atoms with Gasteiger partial charge in [0.25, 0.3) is 0 Å². The lowest BCUT2D eigenvalue weighted by molar-refractivity contribution is 0.416. The van der Waals surface area contributed by atoms with E-state index in [2.05, 4.69) is 31.0 Å². The molecule has 0 N–H and O–H groups in total. The van der Waals surface area contributed by atoms with E-state index in [0.717, 1.165) is 16.9 Å². The molecule has 2 heteroatoms. The summed E-state index contributed by atoms with van der Waals surface area (Å²) >= 11 is 0. The van der Waals surface area contributed by atoms with Gasteiger partial charge in [0.2, 0.25) is 0 Å². The standard InChI is InChI=1S/C15H17NO/c1-11(2)12-8-9-16-10-14(12)13-6-4-5-7-15(13)17-3/h4-11H,1-3H3. The molecule has 2 aromatic rings. The van der Waals surface area contributed by atoms with E-state index < -0.39 is 0 Å². The highest BCUT2D eigenvalue weighted by molar-refractivity contribution is 5.73. The van der Waals surface area contributed by atoms with Gasteiger partial charge in [0.1, 0.15) is 5.75 Å². The Bertz CT molecular complexity index is 506. The number of para-hydroxylation sites is 1. The Kier molecular flexibility index (Phi) is 3.43. The molecule has 0 fully saturated rings. The highest BCUT2D eigenvalue weighted by Gasteiger charge is 2.11. The second-order valence-electron chi connectivity index (χ2n) is 4.32. The molecular weight excluding hydrogens is 210 g/mol. The van der Waals surface area contributed by atoms with Gasteiger partial charge >= 0.3 is 0 Å². The van der Waals surface area contributed by atoms with Gasteiger partial charge in [0, 0.05) is 23.5 Å². The van der Waals surface area contributed by atoms with Crippen LogP contribution >= 0.6 is 0 Å². The molecule has 17 heavy (non-hydrogen) atoms. The van der Waals surface area contributed by atoms with E-state index in [1.807, 2.05) is 30.6 Å². The first-order valence-electron chi connectivity index (χ1n) is 5.81. The van der Waals surface area contributed by atoms with Crippen LogP contribution in [0.5, 0.6) is 5.75 Å². The minimum absolute atomic E-state index is 0.470. The number of methoxy groups -OCH3 is 1. The molecule has 2 rings (SSSR count). The second-order valence-corrected chi connectivity index (χ2v) is 4.32. The van der Waals surface area contributed by atoms with Crippen LogP contribution in [0.15, 0.2) is 42.7 Å². The Morgan fingerprint density at radius 2 is 1.82 bits per heavy atom. The zero-order valence-electron chi connectivity index (χ0n) is 10.5. The summed E-state index contributed by atoms with van der Waals surface area (Å²) in [5.41, 5.74) is 3.55. The van der Waals surface area contributed by atoms with E-state index in [1.165, 1.54) is 5.56 Å². The minimum atomic E-state index is 0.470. The van der Waals surface area contributed by atoms with Crippen LogP contribution in [0.3, 0.4) is 0 Å². The normalized spacial score (nSPS) is 10.6. The molecule has 0 saturated carbocycles. The summed E-state index contributed by atoms with van der Waals surface area (Å²) in [7, 11) is 1.70. The van der Waals surface area contributed by atoms with Crippen molar-refractivity contribution in [1.82, 2.24) is 4.98 Å². The molecule has 0 bridgehead atoms. The Labute approximate surface area is 102 Å². The first-order chi connectivity index (χ1) is 8.24. The lowest BCUT2D eigenvalue weighted by atomic mass is 9.94. The molecule has 1 heterocycles. The van der Waals surface area contributed by atoms with Crippen molar-refractivity contribution in [2.75, 3.05) is 7.11 Å². The van der Waals surface area contributed by atoms with Gasteiger partial charge < -0.3 is 4.74 Å². The van der Waals surface area contributed by atoms with Crippen molar-refractivity contribution >= 4 is 0 Å². The lowest BCUT2D eigenvalue weighted by Gasteiger charge is -2.14. The Hall–Kier alpha value is -1.83. The average molecular weight is 227 g/mol. The molecule has 0 aliphatic heterocycles. The van der Waals surface area contributed by atoms with Crippen molar-refractivity contribution in [3.8, 4) is 16.9 Å². The van der Waals surface area contributed by atoms with Gasteiger partial charge in [-0.2, -0.15) is 0 Å². The number of hydrogen-bond donors (Lipinski definition) is 0. The van der Waals surface area contributed by atoms with Crippen molar-refractivity contribution in [3.05, 3.63) is 48.3 Å². The van der Waals surface area contributed by atoms with Gasteiger partial charge in [-0.05, 0) is 23.6 Å². The number of benzene rings is 1. The van der Waals surface area contributed by atoms with E-state index >= 15 is 0 Å². The van der Waals surface area contributed by atoms with Crippen LogP contribution in [0.1, 0.15) is 25.3 Å². The van der Waals surface area contributed by atoms with Crippen molar-refractivity contribution in [2.24, 2.45) is 0 Å². The second kappa shape index (κ2) is 5.00. The van der Waals surface area contributed by atoms with Crippen molar-refractivity contribution in [1.29, 1.82) is 0 Å². The molecule has 0 unspecified atom stereocenters. The van der Waals surface area contributed by atoms with Crippen LogP contribution in [-0.4, -0.2) is 12.1 Å². The van der Waals surface area contributed by atoms with Gasteiger partial charge in [-0.1, -0.05) is 32.0 Å². The van der Waals surface area contributed by atoms with Crippen LogP contribution < -0.4 is 4.74 Å². The van der Waals surface area contributed by atoms with Gasteiger partial charge in [-0.25, -0.2) is 0 Å². The number of pyridine rings is 1. The van der Waals surface area contributed by atoms with E-state index in [0.29, 0.717) is 5.92 Å². The number of hydrogen-bond acceptors (Lipinski definition) is 2. The smallest absolute Gasteiger partial charge is 0.126 e. The molecule has 0 aliphatic carbocycles. The lowest BCUT2D eigenvalue weighted by Crippen LogP contribution is -1.95. The molecule has 0 aliphatic rings. The molecule has 0 saturated heterocycles. The maximum absolute atomic E-state index is 5.41. The number of nitrogens with zero attached hydrogens (tertiary/aromatic N) is 1. The van der Waals surface area contributed by atoms with Crippen LogP contribution in [0.25, 0.3) is 11.1 Å². The monoisotopic (exact) mass is 227 g/mol. The van der Waals surface area contributed by atoms with E-state index in [4.69, 9.17) is 4.74 Å². The highest BCUT2D eigenvalue weighted by atomic mass is 16.5.